The largest absolute Gasteiger partial charge is 0.197 e. The molecule has 0 saturated heterocycles. The number of nitriles is 1. The molecule has 0 spiro atoms. The minimum atomic E-state index is -0.398. The number of hydrogen-bond donors (Lipinski definition) is 0. The third-order valence-electron chi connectivity index (χ3n) is 0.394. The summed E-state index contributed by atoms with van der Waals surface area (Å²) in [7, 11) is 0. The van der Waals surface area contributed by atoms with Crippen molar-refractivity contribution < 1.29 is 0 Å². The molecule has 0 N–H and O–H groups in total. The van der Waals surface area contributed by atoms with E-state index in [-0.39, 0.29) is 0 Å². The van der Waals surface area contributed by atoms with Gasteiger partial charge in [-0.05, 0) is 6.42 Å². The first-order valence-electron chi connectivity index (χ1n) is 1.64. The van der Waals surface area contributed by atoms with Gasteiger partial charge >= 0.3 is 0 Å². The van der Waals surface area contributed by atoms with Crippen molar-refractivity contribution in [3.8, 4) is 6.07 Å². The van der Waals surface area contributed by atoms with Crippen LogP contribution in [0.5, 0.6) is 0 Å². The molecule has 1 unspecified atom stereocenters. The van der Waals surface area contributed by atoms with Crippen molar-refractivity contribution in [1.82, 2.24) is 0 Å². The molecule has 0 aromatic carbocycles. The maximum Gasteiger partial charge on any atom is 0.120 e. The van der Waals surface area contributed by atoms with Gasteiger partial charge in [-0.15, -0.1) is 11.6 Å². The number of halogens is 1. The Labute approximate surface area is 42.5 Å². The van der Waals surface area contributed by atoms with Crippen LogP contribution < -0.4 is 0 Å². The molecule has 0 aromatic rings. The molecule has 0 amide bonds. The lowest BCUT2D eigenvalue weighted by Crippen LogP contribution is -1.86. The third kappa shape index (κ3) is 2.04. The van der Waals surface area contributed by atoms with Crippen molar-refractivity contribution in [2.45, 2.75) is 11.8 Å². The van der Waals surface area contributed by atoms with Crippen LogP contribution in [0.15, 0.2) is 0 Å². The molecule has 0 aliphatic carbocycles. The molecule has 0 bridgehead atoms. The fraction of sp³-hybridized carbons (Fsp3) is 0.500. The summed E-state index contributed by atoms with van der Waals surface area (Å²) in [4.78, 5) is 0. The van der Waals surface area contributed by atoms with Gasteiger partial charge in [0.1, 0.15) is 5.38 Å². The van der Waals surface area contributed by atoms with Crippen molar-refractivity contribution in [2.75, 3.05) is 0 Å². The van der Waals surface area contributed by atoms with E-state index in [1.54, 1.807) is 0 Å². The van der Waals surface area contributed by atoms with E-state index in [0.717, 1.165) is 0 Å². The first-order chi connectivity index (χ1) is 2.81. The molecule has 0 aliphatic rings. The molecule has 33 valence electrons. The van der Waals surface area contributed by atoms with Crippen LogP contribution in [0.25, 0.3) is 0 Å². The van der Waals surface area contributed by atoms with E-state index in [1.165, 1.54) is 0 Å². The van der Waals surface area contributed by atoms with E-state index in [0.29, 0.717) is 6.42 Å². The van der Waals surface area contributed by atoms with Crippen molar-refractivity contribution in [1.29, 1.82) is 5.26 Å². The highest BCUT2D eigenvalue weighted by Gasteiger charge is 1.92. The van der Waals surface area contributed by atoms with Gasteiger partial charge in [-0.1, -0.05) is 6.92 Å². The van der Waals surface area contributed by atoms with E-state index >= 15 is 0 Å². The first kappa shape index (κ1) is 5.78. The summed E-state index contributed by atoms with van der Waals surface area (Å²) in [6, 6.07) is 1.82. The van der Waals surface area contributed by atoms with Crippen LogP contribution in [0.2, 0.25) is 0 Å². The third-order valence-corrected chi connectivity index (χ3v) is 0.709. The molecular formula is C4H5ClN. The zero-order valence-corrected chi connectivity index (χ0v) is 4.07. The predicted molar refractivity (Wildman–Crippen MR) is 25.2 cm³/mol. The summed E-state index contributed by atoms with van der Waals surface area (Å²) in [6.07, 6.45) is 0.484. The van der Waals surface area contributed by atoms with Crippen LogP contribution in [-0.2, 0) is 0 Å². The second-order valence-corrected chi connectivity index (χ2v) is 1.41. The highest BCUT2D eigenvalue weighted by molar-refractivity contribution is 6.22. The van der Waals surface area contributed by atoms with Gasteiger partial charge in [0.05, 0.1) is 6.07 Å². The molecule has 1 radical (unpaired) electrons. The second-order valence-electron chi connectivity index (χ2n) is 0.885. The Morgan fingerprint density at radius 1 is 2.00 bits per heavy atom. The molecule has 0 aliphatic heterocycles. The van der Waals surface area contributed by atoms with Crippen LogP contribution in [0.3, 0.4) is 0 Å². The van der Waals surface area contributed by atoms with Gasteiger partial charge in [0.2, 0.25) is 0 Å². The molecule has 0 aromatic heterocycles. The monoisotopic (exact) mass is 102 g/mol. The molecule has 2 heteroatoms. The van der Waals surface area contributed by atoms with Crippen molar-refractivity contribution in [2.24, 2.45) is 0 Å². The topological polar surface area (TPSA) is 23.8 Å². The fourth-order valence-corrected chi connectivity index (χ4v) is 0.0645. The maximum atomic E-state index is 7.91. The molecule has 1 atom stereocenters. The van der Waals surface area contributed by atoms with Crippen LogP contribution in [0.4, 0.5) is 0 Å². The van der Waals surface area contributed by atoms with Gasteiger partial charge in [-0.2, -0.15) is 5.26 Å². The lowest BCUT2D eigenvalue weighted by atomic mass is 10.4. The van der Waals surface area contributed by atoms with Gasteiger partial charge in [-0.25, -0.2) is 0 Å². The lowest BCUT2D eigenvalue weighted by molar-refractivity contribution is 1.07. The standard InChI is InChI=1S/C4H5ClN/c1-2-4(5)3-6/h4H,1-2H2. The van der Waals surface area contributed by atoms with E-state index in [4.69, 9.17) is 16.9 Å². The molecule has 0 rings (SSSR count). The molecule has 6 heavy (non-hydrogen) atoms. The normalized spacial score (nSPS) is 12.8. The predicted octanol–water partition coefficient (Wildman–Crippen LogP) is 1.34. The van der Waals surface area contributed by atoms with Crippen molar-refractivity contribution in [3.05, 3.63) is 6.92 Å². The first-order valence-corrected chi connectivity index (χ1v) is 2.08. The zero-order chi connectivity index (χ0) is 4.99. The van der Waals surface area contributed by atoms with Gasteiger partial charge < -0.3 is 0 Å². The van der Waals surface area contributed by atoms with Gasteiger partial charge in [0, 0.05) is 0 Å². The maximum absolute atomic E-state index is 7.91. The smallest absolute Gasteiger partial charge is 0.120 e. The Morgan fingerprint density at radius 3 is 2.50 bits per heavy atom. The van der Waals surface area contributed by atoms with Crippen LogP contribution >= 0.6 is 11.6 Å². The number of rotatable bonds is 1. The van der Waals surface area contributed by atoms with E-state index in [2.05, 4.69) is 6.92 Å². The summed E-state index contributed by atoms with van der Waals surface area (Å²) in [6.45, 7) is 3.40. The van der Waals surface area contributed by atoms with Crippen LogP contribution in [-0.4, -0.2) is 5.38 Å². The SMILES string of the molecule is [CH2]CC(Cl)C#N. The summed E-state index contributed by atoms with van der Waals surface area (Å²) < 4.78 is 0. The van der Waals surface area contributed by atoms with E-state index in [9.17, 15) is 0 Å². The molecule has 0 heterocycles. The Bertz CT molecular complexity index is 64.4. The second kappa shape index (κ2) is 2.99. The molecule has 0 fully saturated rings. The molecule has 0 saturated carbocycles. The summed E-state index contributed by atoms with van der Waals surface area (Å²) >= 11 is 5.23. The lowest BCUT2D eigenvalue weighted by Gasteiger charge is -1.84. The molecule has 1 nitrogen and oxygen atoms in total. The van der Waals surface area contributed by atoms with Crippen molar-refractivity contribution in [3.63, 3.8) is 0 Å². The molecular weight excluding hydrogens is 97.5 g/mol. The summed E-state index contributed by atoms with van der Waals surface area (Å²) in [5.74, 6) is 0. The quantitative estimate of drug-likeness (QED) is 0.459. The fourth-order valence-electron chi connectivity index (χ4n) is 0.0645. The van der Waals surface area contributed by atoms with Gasteiger partial charge in [0.25, 0.3) is 0 Å². The minimum Gasteiger partial charge on any atom is -0.197 e. The van der Waals surface area contributed by atoms with Gasteiger partial charge in [0.15, 0.2) is 0 Å². The number of hydrogen-bond acceptors (Lipinski definition) is 1. The average molecular weight is 103 g/mol. The number of nitrogens with zero attached hydrogens (tertiary/aromatic N) is 1. The number of alkyl halides is 1. The summed E-state index contributed by atoms with van der Waals surface area (Å²) in [5, 5.41) is 7.51. The zero-order valence-electron chi connectivity index (χ0n) is 3.32. The summed E-state index contributed by atoms with van der Waals surface area (Å²) in [5.41, 5.74) is 0. The van der Waals surface area contributed by atoms with Crippen molar-refractivity contribution >= 4 is 11.6 Å². The van der Waals surface area contributed by atoms with E-state index < -0.39 is 5.38 Å². The van der Waals surface area contributed by atoms with Gasteiger partial charge in [-0.3, -0.25) is 0 Å². The minimum absolute atomic E-state index is 0.398. The highest BCUT2D eigenvalue weighted by Crippen LogP contribution is 1.95. The highest BCUT2D eigenvalue weighted by atomic mass is 35.5. The Kier molecular flexibility index (Phi) is 2.88. The van der Waals surface area contributed by atoms with E-state index in [1.807, 2.05) is 6.07 Å². The average Bonchev–Trinajstić information content (AvgIpc) is 1.65. The van der Waals surface area contributed by atoms with Crippen LogP contribution in [0, 0.1) is 18.3 Å². The van der Waals surface area contributed by atoms with Crippen LogP contribution in [0.1, 0.15) is 6.42 Å². The Hall–Kier alpha value is -0.220. The Morgan fingerprint density at radius 2 is 2.50 bits per heavy atom. The Balaban J connectivity index is 3.04.